The van der Waals surface area contributed by atoms with E-state index in [2.05, 4.69) is 48.5 Å². The Balaban J connectivity index is 1.37. The van der Waals surface area contributed by atoms with Gasteiger partial charge < -0.3 is 31.3 Å². The standard InChI is InChI=1S/C36H65NO5/c1-20-11-15-34(6)25(32(20,3)4)14-18-36(8)27(34)10-9-26-33(5)16-12-22(23(33)13-17-35(26,36)7)21(2)28(39)30(41)31(42)29(40)24(38)19-37/h20-31,38-42H,9-19,37H2,1-8H3/t20-,21?,22-,23-,24?,25-,26+,27+,28?,29?,30?,31?,33-,34-,35+,36+/m0/s1. The highest BCUT2D eigenvalue weighted by atomic mass is 16.4. The van der Waals surface area contributed by atoms with Gasteiger partial charge in [0.05, 0.1) is 12.2 Å². The summed E-state index contributed by atoms with van der Waals surface area (Å²) >= 11 is 0. The Morgan fingerprint density at radius 1 is 0.619 bits per heavy atom. The van der Waals surface area contributed by atoms with Crippen LogP contribution >= 0.6 is 0 Å². The van der Waals surface area contributed by atoms with Gasteiger partial charge in [-0.2, -0.15) is 0 Å². The lowest BCUT2D eigenvalue weighted by Crippen LogP contribution is -2.66. The summed E-state index contributed by atoms with van der Waals surface area (Å²) in [5, 5.41) is 52.7. The molecule has 0 saturated heterocycles. The average molecular weight is 592 g/mol. The molecular formula is C36H65NO5. The van der Waals surface area contributed by atoms with Crippen LogP contribution < -0.4 is 5.73 Å². The molecule has 0 aromatic rings. The molecule has 5 saturated carbocycles. The Labute approximate surface area is 256 Å². The molecule has 42 heavy (non-hydrogen) atoms. The van der Waals surface area contributed by atoms with Crippen molar-refractivity contribution in [3.05, 3.63) is 0 Å². The third-order valence-electron chi connectivity index (χ3n) is 16.5. The van der Waals surface area contributed by atoms with Gasteiger partial charge in [0.25, 0.3) is 0 Å². The second kappa shape index (κ2) is 10.9. The highest BCUT2D eigenvalue weighted by molar-refractivity contribution is 5.19. The van der Waals surface area contributed by atoms with Crippen molar-refractivity contribution >= 4 is 0 Å². The van der Waals surface area contributed by atoms with Gasteiger partial charge in [-0.3, -0.25) is 0 Å². The molecule has 6 nitrogen and oxygen atoms in total. The third-order valence-corrected chi connectivity index (χ3v) is 16.5. The predicted molar refractivity (Wildman–Crippen MR) is 167 cm³/mol. The van der Waals surface area contributed by atoms with Crippen LogP contribution in [0.15, 0.2) is 0 Å². The lowest BCUT2D eigenvalue weighted by Gasteiger charge is -2.73. The smallest absolute Gasteiger partial charge is 0.111 e. The van der Waals surface area contributed by atoms with Crippen LogP contribution in [0.25, 0.3) is 0 Å². The molecule has 0 bridgehead atoms. The molecule has 5 rings (SSSR count). The molecule has 0 spiro atoms. The van der Waals surface area contributed by atoms with E-state index in [1.54, 1.807) is 0 Å². The van der Waals surface area contributed by atoms with Crippen LogP contribution in [0.3, 0.4) is 0 Å². The predicted octanol–water partition coefficient (Wildman–Crippen LogP) is 5.12. The maximum absolute atomic E-state index is 11.2. The van der Waals surface area contributed by atoms with Crippen molar-refractivity contribution in [1.82, 2.24) is 0 Å². The monoisotopic (exact) mass is 591 g/mol. The van der Waals surface area contributed by atoms with Crippen molar-refractivity contribution in [3.63, 3.8) is 0 Å². The van der Waals surface area contributed by atoms with E-state index >= 15 is 0 Å². The number of nitrogens with two attached hydrogens (primary N) is 1. The zero-order chi connectivity index (χ0) is 31.2. The van der Waals surface area contributed by atoms with Crippen LogP contribution in [0.5, 0.6) is 0 Å². The summed E-state index contributed by atoms with van der Waals surface area (Å²) in [4.78, 5) is 0. The molecule has 0 aromatic carbocycles. The minimum absolute atomic E-state index is 0.205. The van der Waals surface area contributed by atoms with Crippen LogP contribution in [0.4, 0.5) is 0 Å². The van der Waals surface area contributed by atoms with Gasteiger partial charge in [-0.05, 0) is 133 Å². The van der Waals surface area contributed by atoms with Gasteiger partial charge in [0.1, 0.15) is 18.3 Å². The highest BCUT2D eigenvalue weighted by Gasteiger charge is 2.70. The summed E-state index contributed by atoms with van der Waals surface area (Å²) in [6.45, 7) is 20.0. The molecule has 0 radical (unpaired) electrons. The molecule has 0 amide bonds. The van der Waals surface area contributed by atoms with Crippen molar-refractivity contribution < 1.29 is 25.5 Å². The van der Waals surface area contributed by atoms with E-state index in [0.717, 1.165) is 37.0 Å². The van der Waals surface area contributed by atoms with Crippen LogP contribution in [0, 0.1) is 68.5 Å². The topological polar surface area (TPSA) is 127 Å². The quantitative estimate of drug-likeness (QED) is 0.244. The first-order valence-electron chi connectivity index (χ1n) is 17.5. The van der Waals surface area contributed by atoms with Gasteiger partial charge in [0.15, 0.2) is 0 Å². The van der Waals surface area contributed by atoms with E-state index in [1.807, 2.05) is 6.92 Å². The molecule has 0 aromatic heterocycles. The zero-order valence-corrected chi connectivity index (χ0v) is 28.0. The summed E-state index contributed by atoms with van der Waals surface area (Å²) in [7, 11) is 0. The summed E-state index contributed by atoms with van der Waals surface area (Å²) in [6, 6.07) is 0. The van der Waals surface area contributed by atoms with Crippen LogP contribution in [-0.4, -0.2) is 62.6 Å². The minimum Gasteiger partial charge on any atom is -0.390 e. The number of fused-ring (bicyclic) bond motifs is 7. The molecule has 16 atom stereocenters. The Morgan fingerprint density at radius 2 is 1.14 bits per heavy atom. The van der Waals surface area contributed by atoms with E-state index < -0.39 is 30.5 Å². The van der Waals surface area contributed by atoms with Crippen molar-refractivity contribution in [1.29, 1.82) is 0 Å². The molecule has 0 heterocycles. The lowest BCUT2D eigenvalue weighted by atomic mass is 9.31. The lowest BCUT2D eigenvalue weighted by molar-refractivity contribution is -0.247. The summed E-state index contributed by atoms with van der Waals surface area (Å²) in [5.41, 5.74) is 7.12. The number of rotatable bonds is 7. The molecule has 0 aliphatic heterocycles. The Morgan fingerprint density at radius 3 is 1.74 bits per heavy atom. The summed E-state index contributed by atoms with van der Waals surface area (Å²) in [6.07, 6.45) is 5.34. The Bertz CT molecular complexity index is 990. The minimum atomic E-state index is -1.65. The van der Waals surface area contributed by atoms with Crippen molar-refractivity contribution in [2.45, 2.75) is 150 Å². The second-order valence-corrected chi connectivity index (χ2v) is 17.9. The van der Waals surface area contributed by atoms with E-state index in [1.165, 1.54) is 44.9 Å². The van der Waals surface area contributed by atoms with Crippen LogP contribution in [-0.2, 0) is 0 Å². The first-order valence-corrected chi connectivity index (χ1v) is 17.5. The number of aliphatic hydroxyl groups is 5. The summed E-state index contributed by atoms with van der Waals surface area (Å²) in [5.74, 6) is 3.55. The largest absolute Gasteiger partial charge is 0.390 e. The Kier molecular flexibility index (Phi) is 8.63. The van der Waals surface area contributed by atoms with Gasteiger partial charge >= 0.3 is 0 Å². The number of hydrogen-bond donors (Lipinski definition) is 6. The van der Waals surface area contributed by atoms with Crippen LogP contribution in [0.2, 0.25) is 0 Å². The maximum Gasteiger partial charge on any atom is 0.111 e. The van der Waals surface area contributed by atoms with Crippen molar-refractivity contribution in [2.75, 3.05) is 6.54 Å². The molecule has 6 unspecified atom stereocenters. The first-order chi connectivity index (χ1) is 19.4. The molecule has 5 fully saturated rings. The molecule has 5 aliphatic carbocycles. The number of hydrogen-bond acceptors (Lipinski definition) is 6. The third kappa shape index (κ3) is 4.46. The first kappa shape index (κ1) is 33.1. The van der Waals surface area contributed by atoms with Gasteiger partial charge in [-0.1, -0.05) is 55.4 Å². The fraction of sp³-hybridized carbons (Fsp3) is 1.00. The zero-order valence-electron chi connectivity index (χ0n) is 28.0. The van der Waals surface area contributed by atoms with E-state index in [0.29, 0.717) is 33.5 Å². The molecular weight excluding hydrogens is 526 g/mol. The molecule has 5 aliphatic rings. The van der Waals surface area contributed by atoms with Crippen LogP contribution in [0.1, 0.15) is 120 Å². The highest BCUT2D eigenvalue weighted by Crippen LogP contribution is 2.78. The van der Waals surface area contributed by atoms with Crippen molar-refractivity contribution in [2.24, 2.45) is 74.2 Å². The van der Waals surface area contributed by atoms with E-state index in [9.17, 15) is 25.5 Å². The van der Waals surface area contributed by atoms with E-state index in [-0.39, 0.29) is 23.8 Å². The van der Waals surface area contributed by atoms with Gasteiger partial charge in [-0.15, -0.1) is 0 Å². The molecule has 6 heteroatoms. The maximum atomic E-state index is 11.2. The number of aliphatic hydroxyl groups excluding tert-OH is 5. The average Bonchev–Trinajstić information content (AvgIpc) is 3.30. The molecule has 7 N–H and O–H groups in total. The van der Waals surface area contributed by atoms with Crippen molar-refractivity contribution in [3.8, 4) is 0 Å². The summed E-state index contributed by atoms with van der Waals surface area (Å²) < 4.78 is 0. The van der Waals surface area contributed by atoms with Gasteiger partial charge in [0.2, 0.25) is 0 Å². The molecule has 244 valence electrons. The Hall–Kier alpha value is -0.240. The SMILES string of the molecule is CC(C(O)C(O)C(O)C(O)C(O)CN)[C@@H]1CC[C@]2(C)[C@H]3CC[C@@H]4[C@@]5(C)CC[C@H](C)C(C)(C)[C@@H]5CC[C@@]4(C)[C@]3(C)CC[C@@H]12. The normalized spacial score (nSPS) is 50.7. The van der Waals surface area contributed by atoms with Gasteiger partial charge in [-0.25, -0.2) is 0 Å². The second-order valence-electron chi connectivity index (χ2n) is 17.9. The van der Waals surface area contributed by atoms with E-state index in [4.69, 9.17) is 5.73 Å². The van der Waals surface area contributed by atoms with Gasteiger partial charge in [0, 0.05) is 6.54 Å². The fourth-order valence-electron chi connectivity index (χ4n) is 13.4. The fourth-order valence-corrected chi connectivity index (χ4v) is 13.4.